The topological polar surface area (TPSA) is 75.3 Å². The molecule has 4 N–H and O–H groups in total. The molecule has 0 saturated carbocycles. The molecule has 0 bridgehead atoms. The summed E-state index contributed by atoms with van der Waals surface area (Å²) in [5, 5.41) is 10.2. The Bertz CT molecular complexity index is 74.4. The molecular weight excluding hydrogens is 108 g/mol. The fourth-order valence-electron chi connectivity index (χ4n) is 0.297. The molecule has 0 fully saturated rings. The van der Waals surface area contributed by atoms with Gasteiger partial charge in [-0.15, -0.1) is 0 Å². The van der Waals surface area contributed by atoms with Crippen molar-refractivity contribution in [2.24, 2.45) is 5.73 Å². The van der Waals surface area contributed by atoms with E-state index in [4.69, 9.17) is 10.8 Å². The average Bonchev–Trinajstić information content (AvgIpc) is 1.66. The van der Waals surface area contributed by atoms with Gasteiger partial charge in [-0.05, 0) is 13.0 Å². The van der Waals surface area contributed by atoms with Crippen LogP contribution in [-0.4, -0.2) is 24.3 Å². The largest absolute Gasteiger partial charge is 0.465 e. The van der Waals surface area contributed by atoms with Gasteiger partial charge in [-0.3, -0.25) is 0 Å². The van der Waals surface area contributed by atoms with Gasteiger partial charge in [-0.1, -0.05) is 0 Å². The fourth-order valence-corrected chi connectivity index (χ4v) is 0.297. The molecule has 0 aromatic rings. The lowest BCUT2D eigenvalue weighted by molar-refractivity contribution is 0.194. The van der Waals surface area contributed by atoms with Gasteiger partial charge in [-0.2, -0.15) is 0 Å². The van der Waals surface area contributed by atoms with Gasteiger partial charge in [-0.25, -0.2) is 4.79 Å². The first-order chi connectivity index (χ1) is 3.77. The number of amides is 1. The lowest BCUT2D eigenvalue weighted by Gasteiger charge is -1.94. The standard InChI is InChI=1S/C4H10N2O2/c5-2-1-3-6-4(7)8/h6H,1-3,5H2,(H,7,8). The van der Waals surface area contributed by atoms with Gasteiger partial charge >= 0.3 is 6.09 Å². The summed E-state index contributed by atoms with van der Waals surface area (Å²) < 4.78 is 0. The molecule has 48 valence electrons. The van der Waals surface area contributed by atoms with Crippen LogP contribution in [0.3, 0.4) is 0 Å². The highest BCUT2D eigenvalue weighted by atomic mass is 16.4. The van der Waals surface area contributed by atoms with Crippen LogP contribution in [0.15, 0.2) is 0 Å². The normalized spacial score (nSPS) is 8.62. The summed E-state index contributed by atoms with van der Waals surface area (Å²) in [6, 6.07) is 0. The van der Waals surface area contributed by atoms with E-state index in [0.29, 0.717) is 19.5 Å². The average molecular weight is 118 g/mol. The van der Waals surface area contributed by atoms with Crippen LogP contribution in [0.25, 0.3) is 0 Å². The van der Waals surface area contributed by atoms with Crippen molar-refractivity contribution in [3.8, 4) is 0 Å². The first-order valence-corrected chi connectivity index (χ1v) is 2.44. The number of rotatable bonds is 3. The molecule has 0 aromatic carbocycles. The molecule has 1 amide bonds. The van der Waals surface area contributed by atoms with Crippen LogP contribution in [-0.2, 0) is 0 Å². The van der Waals surface area contributed by atoms with Crippen molar-refractivity contribution in [3.63, 3.8) is 0 Å². The predicted molar refractivity (Wildman–Crippen MR) is 29.7 cm³/mol. The lowest BCUT2D eigenvalue weighted by Crippen LogP contribution is -2.23. The molecule has 0 saturated heterocycles. The highest BCUT2D eigenvalue weighted by Crippen LogP contribution is 1.68. The number of hydrogen-bond acceptors (Lipinski definition) is 2. The zero-order valence-electron chi connectivity index (χ0n) is 4.55. The van der Waals surface area contributed by atoms with Crippen molar-refractivity contribution in [2.45, 2.75) is 6.42 Å². The molecule has 0 atom stereocenters. The number of hydrogen-bond donors (Lipinski definition) is 3. The Hall–Kier alpha value is -0.770. The summed E-state index contributed by atoms with van der Waals surface area (Å²) in [7, 11) is 0. The maximum atomic E-state index is 9.72. The zero-order valence-corrected chi connectivity index (χ0v) is 4.55. The molecule has 0 aromatic heterocycles. The van der Waals surface area contributed by atoms with Crippen molar-refractivity contribution in [2.75, 3.05) is 13.1 Å². The van der Waals surface area contributed by atoms with Crippen molar-refractivity contribution in [1.29, 1.82) is 0 Å². The quantitative estimate of drug-likeness (QED) is 0.441. The van der Waals surface area contributed by atoms with Gasteiger partial charge in [0.2, 0.25) is 0 Å². The van der Waals surface area contributed by atoms with E-state index < -0.39 is 6.09 Å². The van der Waals surface area contributed by atoms with E-state index in [1.165, 1.54) is 0 Å². The molecule has 4 nitrogen and oxygen atoms in total. The van der Waals surface area contributed by atoms with Crippen LogP contribution in [0.4, 0.5) is 4.79 Å². The molecule has 0 aliphatic carbocycles. The smallest absolute Gasteiger partial charge is 0.404 e. The van der Waals surface area contributed by atoms with Gasteiger partial charge in [0.05, 0.1) is 0 Å². The zero-order chi connectivity index (χ0) is 6.41. The summed E-state index contributed by atoms with van der Waals surface area (Å²) in [6.07, 6.45) is -0.287. The van der Waals surface area contributed by atoms with Crippen LogP contribution in [0.2, 0.25) is 0 Å². The second-order valence-corrected chi connectivity index (χ2v) is 1.37. The number of carbonyl (C=O) groups is 1. The van der Waals surface area contributed by atoms with Crippen molar-refractivity contribution < 1.29 is 9.90 Å². The first kappa shape index (κ1) is 7.23. The maximum absolute atomic E-state index is 9.72. The molecule has 0 spiro atoms. The third-order valence-corrected chi connectivity index (χ3v) is 0.657. The SMILES string of the molecule is NCCCNC(=O)O. The Morgan fingerprint density at radius 3 is 2.75 bits per heavy atom. The molecule has 0 aliphatic rings. The molecule has 4 heteroatoms. The van der Waals surface area contributed by atoms with E-state index in [0.717, 1.165) is 0 Å². The summed E-state index contributed by atoms with van der Waals surface area (Å²) in [6.45, 7) is 0.978. The van der Waals surface area contributed by atoms with E-state index in [1.54, 1.807) is 0 Å². The van der Waals surface area contributed by atoms with Crippen LogP contribution in [0, 0.1) is 0 Å². The molecular formula is C4H10N2O2. The molecule has 0 radical (unpaired) electrons. The molecule has 0 unspecified atom stereocenters. The minimum Gasteiger partial charge on any atom is -0.465 e. The van der Waals surface area contributed by atoms with Gasteiger partial charge < -0.3 is 16.2 Å². The monoisotopic (exact) mass is 118 g/mol. The van der Waals surface area contributed by atoms with Crippen molar-refractivity contribution in [3.05, 3.63) is 0 Å². The fraction of sp³-hybridized carbons (Fsp3) is 0.750. The highest BCUT2D eigenvalue weighted by molar-refractivity contribution is 5.64. The summed E-state index contributed by atoms with van der Waals surface area (Å²) >= 11 is 0. The Labute approximate surface area is 47.7 Å². The van der Waals surface area contributed by atoms with E-state index in [1.807, 2.05) is 0 Å². The first-order valence-electron chi connectivity index (χ1n) is 2.44. The molecule has 0 rings (SSSR count). The predicted octanol–water partition coefficient (Wildman–Crippen LogP) is -0.397. The van der Waals surface area contributed by atoms with E-state index in [-0.39, 0.29) is 0 Å². The van der Waals surface area contributed by atoms with Crippen LogP contribution >= 0.6 is 0 Å². The number of nitrogens with one attached hydrogen (secondary N) is 1. The third-order valence-electron chi connectivity index (χ3n) is 0.657. The van der Waals surface area contributed by atoms with Crippen LogP contribution < -0.4 is 11.1 Å². The molecule has 0 aliphatic heterocycles. The minimum atomic E-state index is -0.988. The Morgan fingerprint density at radius 1 is 1.75 bits per heavy atom. The molecule has 0 heterocycles. The molecule has 8 heavy (non-hydrogen) atoms. The second kappa shape index (κ2) is 4.39. The number of carboxylic acid groups (broad SMARTS) is 1. The summed E-state index contributed by atoms with van der Waals surface area (Å²) in [4.78, 5) is 9.72. The lowest BCUT2D eigenvalue weighted by atomic mass is 10.4. The van der Waals surface area contributed by atoms with Crippen molar-refractivity contribution in [1.82, 2.24) is 5.32 Å². The maximum Gasteiger partial charge on any atom is 0.404 e. The minimum absolute atomic E-state index is 0.450. The Morgan fingerprint density at radius 2 is 2.38 bits per heavy atom. The van der Waals surface area contributed by atoms with Crippen LogP contribution in [0.1, 0.15) is 6.42 Å². The van der Waals surface area contributed by atoms with E-state index >= 15 is 0 Å². The van der Waals surface area contributed by atoms with Gasteiger partial charge in [0, 0.05) is 6.54 Å². The second-order valence-electron chi connectivity index (χ2n) is 1.37. The van der Waals surface area contributed by atoms with Gasteiger partial charge in [0.15, 0.2) is 0 Å². The van der Waals surface area contributed by atoms with Crippen LogP contribution in [0.5, 0.6) is 0 Å². The Kier molecular flexibility index (Phi) is 3.97. The third kappa shape index (κ3) is 5.23. The van der Waals surface area contributed by atoms with Crippen molar-refractivity contribution >= 4 is 6.09 Å². The highest BCUT2D eigenvalue weighted by Gasteiger charge is 1.88. The van der Waals surface area contributed by atoms with Gasteiger partial charge in [0.25, 0.3) is 0 Å². The summed E-state index contributed by atoms with van der Waals surface area (Å²) in [5.74, 6) is 0. The van der Waals surface area contributed by atoms with E-state index in [9.17, 15) is 4.79 Å². The van der Waals surface area contributed by atoms with E-state index in [2.05, 4.69) is 5.32 Å². The summed E-state index contributed by atoms with van der Waals surface area (Å²) in [5.41, 5.74) is 5.08. The Balaban J connectivity index is 2.82. The number of nitrogens with two attached hydrogens (primary N) is 1. The van der Waals surface area contributed by atoms with Gasteiger partial charge in [0.1, 0.15) is 0 Å².